The van der Waals surface area contributed by atoms with Crippen molar-refractivity contribution in [3.05, 3.63) is 35.4 Å². The van der Waals surface area contributed by atoms with Crippen LogP contribution in [0.3, 0.4) is 0 Å². The van der Waals surface area contributed by atoms with Gasteiger partial charge in [-0.25, -0.2) is 0 Å². The fraction of sp³-hybridized carbons (Fsp3) is 0.500. The van der Waals surface area contributed by atoms with E-state index in [4.69, 9.17) is 9.47 Å². The molecule has 5 heteroatoms. The number of ether oxygens (including phenoxy) is 2. The molecule has 1 aromatic carbocycles. The molecule has 0 saturated heterocycles. The summed E-state index contributed by atoms with van der Waals surface area (Å²) in [4.78, 5) is 37.4. The molecule has 1 aliphatic rings. The monoisotopic (exact) mass is 318 g/mol. The highest BCUT2D eigenvalue weighted by molar-refractivity contribution is 6.04. The summed E-state index contributed by atoms with van der Waals surface area (Å²) in [5.74, 6) is -2.33. The number of aryl methyl sites for hydroxylation is 1. The van der Waals surface area contributed by atoms with Crippen molar-refractivity contribution in [2.24, 2.45) is 11.3 Å². The largest absolute Gasteiger partial charge is 0.468 e. The molecule has 2 atom stereocenters. The van der Waals surface area contributed by atoms with E-state index in [1.807, 2.05) is 31.2 Å². The van der Waals surface area contributed by atoms with Crippen molar-refractivity contribution in [1.29, 1.82) is 0 Å². The predicted octanol–water partition coefficient (Wildman–Crippen LogP) is 2.41. The minimum Gasteiger partial charge on any atom is -0.468 e. The number of methoxy groups -OCH3 is 2. The molecule has 0 heterocycles. The van der Waals surface area contributed by atoms with Crippen molar-refractivity contribution < 1.29 is 23.9 Å². The van der Waals surface area contributed by atoms with Gasteiger partial charge in [-0.2, -0.15) is 0 Å². The number of hydrogen-bond donors (Lipinski definition) is 0. The van der Waals surface area contributed by atoms with E-state index in [2.05, 4.69) is 0 Å². The van der Waals surface area contributed by atoms with Crippen molar-refractivity contribution in [3.8, 4) is 0 Å². The van der Waals surface area contributed by atoms with Crippen LogP contribution in [0.2, 0.25) is 0 Å². The summed E-state index contributed by atoms with van der Waals surface area (Å²) in [6.45, 7) is 3.66. The summed E-state index contributed by atoms with van der Waals surface area (Å²) in [5, 5.41) is 0. The maximum Gasteiger partial charge on any atom is 0.324 e. The van der Waals surface area contributed by atoms with Gasteiger partial charge in [0.15, 0.2) is 5.41 Å². The van der Waals surface area contributed by atoms with Gasteiger partial charge in [0.05, 0.1) is 14.2 Å². The van der Waals surface area contributed by atoms with E-state index >= 15 is 0 Å². The van der Waals surface area contributed by atoms with Gasteiger partial charge in [-0.1, -0.05) is 36.8 Å². The second-order valence-electron chi connectivity index (χ2n) is 6.17. The molecular formula is C18H22O5. The highest BCUT2D eigenvalue weighted by Gasteiger charge is 2.61. The van der Waals surface area contributed by atoms with Crippen LogP contribution in [0.1, 0.15) is 36.8 Å². The lowest BCUT2D eigenvalue weighted by molar-refractivity contribution is -0.178. The van der Waals surface area contributed by atoms with E-state index in [1.165, 1.54) is 14.2 Å². The third-order valence-corrected chi connectivity index (χ3v) is 4.78. The van der Waals surface area contributed by atoms with Crippen molar-refractivity contribution in [2.75, 3.05) is 14.2 Å². The van der Waals surface area contributed by atoms with Crippen molar-refractivity contribution in [3.63, 3.8) is 0 Å². The van der Waals surface area contributed by atoms with Gasteiger partial charge in [0.1, 0.15) is 5.78 Å². The van der Waals surface area contributed by atoms with Crippen LogP contribution in [0, 0.1) is 18.3 Å². The van der Waals surface area contributed by atoms with Crippen LogP contribution in [-0.2, 0) is 23.9 Å². The molecule has 1 aromatic rings. The average Bonchev–Trinajstić information content (AvgIpc) is 2.53. The Kier molecular flexibility index (Phi) is 4.88. The van der Waals surface area contributed by atoms with E-state index in [1.54, 1.807) is 6.92 Å². The number of hydrogen-bond acceptors (Lipinski definition) is 5. The summed E-state index contributed by atoms with van der Waals surface area (Å²) in [7, 11) is 2.51. The quantitative estimate of drug-likeness (QED) is 0.632. The maximum absolute atomic E-state index is 12.6. The molecule has 1 fully saturated rings. The van der Waals surface area contributed by atoms with Crippen molar-refractivity contribution >= 4 is 17.7 Å². The smallest absolute Gasteiger partial charge is 0.324 e. The number of benzene rings is 1. The molecule has 23 heavy (non-hydrogen) atoms. The predicted molar refractivity (Wildman–Crippen MR) is 83.8 cm³/mol. The van der Waals surface area contributed by atoms with Crippen molar-refractivity contribution in [2.45, 2.75) is 32.6 Å². The molecule has 0 unspecified atom stereocenters. The van der Waals surface area contributed by atoms with E-state index in [0.29, 0.717) is 0 Å². The fourth-order valence-corrected chi connectivity index (χ4v) is 3.69. The molecule has 0 radical (unpaired) electrons. The molecule has 0 spiro atoms. The molecular weight excluding hydrogens is 296 g/mol. The first kappa shape index (κ1) is 17.2. The van der Waals surface area contributed by atoms with Crippen LogP contribution >= 0.6 is 0 Å². The lowest BCUT2D eigenvalue weighted by atomic mass is 9.58. The first-order valence-electron chi connectivity index (χ1n) is 7.63. The number of carbonyl (C=O) groups is 3. The van der Waals surface area contributed by atoms with Gasteiger partial charge in [-0.15, -0.1) is 0 Å². The molecule has 0 aliphatic heterocycles. The second kappa shape index (κ2) is 6.52. The van der Waals surface area contributed by atoms with Gasteiger partial charge in [0.25, 0.3) is 0 Å². The topological polar surface area (TPSA) is 69.7 Å². The molecule has 0 bridgehead atoms. The molecule has 0 amide bonds. The third-order valence-electron chi connectivity index (χ3n) is 4.78. The van der Waals surface area contributed by atoms with Crippen LogP contribution in [0.25, 0.3) is 0 Å². The molecule has 0 aromatic heterocycles. The summed E-state index contributed by atoms with van der Waals surface area (Å²) in [5.41, 5.74) is 0.281. The fourth-order valence-electron chi connectivity index (χ4n) is 3.69. The average molecular weight is 318 g/mol. The van der Waals surface area contributed by atoms with Crippen LogP contribution < -0.4 is 0 Å². The van der Waals surface area contributed by atoms with Gasteiger partial charge < -0.3 is 9.47 Å². The number of rotatable bonds is 3. The Hall–Kier alpha value is -2.17. The van der Waals surface area contributed by atoms with E-state index in [0.717, 1.165) is 11.1 Å². The highest BCUT2D eigenvalue weighted by Crippen LogP contribution is 2.51. The normalized spacial score (nSPS) is 23.2. The Bertz CT molecular complexity index is 618. The van der Waals surface area contributed by atoms with Gasteiger partial charge in [0, 0.05) is 18.8 Å². The van der Waals surface area contributed by atoms with Gasteiger partial charge in [-0.3, -0.25) is 14.4 Å². The number of Topliss-reactive ketones (excluding diaryl/α,β-unsaturated/α-hetero) is 1. The molecule has 1 aliphatic carbocycles. The van der Waals surface area contributed by atoms with Crippen LogP contribution in [0.15, 0.2) is 24.3 Å². The minimum absolute atomic E-state index is 0.0347. The first-order chi connectivity index (χ1) is 10.9. The number of esters is 2. The lowest BCUT2D eigenvalue weighted by Gasteiger charge is -2.43. The van der Waals surface area contributed by atoms with Gasteiger partial charge in [0.2, 0.25) is 0 Å². The Labute approximate surface area is 136 Å². The Morgan fingerprint density at radius 3 is 2.26 bits per heavy atom. The van der Waals surface area contributed by atoms with Crippen LogP contribution in [-0.4, -0.2) is 31.9 Å². The molecule has 2 rings (SSSR count). The summed E-state index contributed by atoms with van der Waals surface area (Å²) in [6, 6.07) is 7.52. The van der Waals surface area contributed by atoms with Crippen LogP contribution in [0.4, 0.5) is 0 Å². The SMILES string of the molecule is COC(=O)C1(C(=O)OC)[C@@H](c2cccc(C)c2)CC(=O)C[C@@H]1C. The second-order valence-corrected chi connectivity index (χ2v) is 6.17. The van der Waals surface area contributed by atoms with Crippen molar-refractivity contribution in [1.82, 2.24) is 0 Å². The summed E-state index contributed by atoms with van der Waals surface area (Å²) < 4.78 is 9.91. The standard InChI is InChI=1S/C18H22O5/c1-11-6-5-7-13(8-11)15-10-14(19)9-12(2)18(15,16(20)22-3)17(21)23-4/h5-8,12,15H,9-10H2,1-4H3/t12-,15+/m0/s1. The lowest BCUT2D eigenvalue weighted by Crippen LogP contribution is -2.54. The Balaban J connectivity index is 2.67. The zero-order valence-electron chi connectivity index (χ0n) is 13.9. The number of carbonyl (C=O) groups excluding carboxylic acids is 3. The molecule has 0 N–H and O–H groups in total. The first-order valence-corrected chi connectivity index (χ1v) is 7.63. The number of ketones is 1. The maximum atomic E-state index is 12.6. The highest BCUT2D eigenvalue weighted by atomic mass is 16.5. The summed E-state index contributed by atoms with van der Waals surface area (Å²) >= 11 is 0. The Morgan fingerprint density at radius 1 is 1.13 bits per heavy atom. The zero-order chi connectivity index (χ0) is 17.2. The van der Waals surface area contributed by atoms with Gasteiger partial charge >= 0.3 is 11.9 Å². The van der Waals surface area contributed by atoms with Crippen LogP contribution in [0.5, 0.6) is 0 Å². The molecule has 1 saturated carbocycles. The zero-order valence-corrected chi connectivity index (χ0v) is 13.9. The van der Waals surface area contributed by atoms with E-state index in [9.17, 15) is 14.4 Å². The van der Waals surface area contributed by atoms with E-state index < -0.39 is 29.2 Å². The molecule has 124 valence electrons. The van der Waals surface area contributed by atoms with Gasteiger partial charge in [-0.05, 0) is 18.4 Å². The molecule has 5 nitrogen and oxygen atoms in total. The van der Waals surface area contributed by atoms with E-state index in [-0.39, 0.29) is 18.6 Å². The minimum atomic E-state index is -1.49. The summed E-state index contributed by atoms with van der Waals surface area (Å²) in [6.07, 6.45) is 0.282. The third kappa shape index (κ3) is 2.76. The Morgan fingerprint density at radius 2 is 1.74 bits per heavy atom.